The first kappa shape index (κ1) is 14.3. The van der Waals surface area contributed by atoms with E-state index in [4.69, 9.17) is 9.84 Å². The van der Waals surface area contributed by atoms with E-state index in [9.17, 15) is 9.59 Å². The molecule has 0 radical (unpaired) electrons. The van der Waals surface area contributed by atoms with E-state index in [1.54, 1.807) is 11.4 Å². The molecule has 1 aliphatic carbocycles. The van der Waals surface area contributed by atoms with E-state index in [0.717, 1.165) is 17.4 Å². The summed E-state index contributed by atoms with van der Waals surface area (Å²) in [7, 11) is 0. The molecular weight excluding hydrogens is 290 g/mol. The number of carbonyl (C=O) groups is 2. The lowest BCUT2D eigenvalue weighted by Crippen LogP contribution is -2.41. The van der Waals surface area contributed by atoms with E-state index in [1.165, 1.54) is 30.3 Å². The van der Waals surface area contributed by atoms with Gasteiger partial charge in [-0.1, -0.05) is 0 Å². The molecule has 2 unspecified atom stereocenters. The van der Waals surface area contributed by atoms with Crippen molar-refractivity contribution in [3.05, 3.63) is 28.0 Å². The van der Waals surface area contributed by atoms with Gasteiger partial charge in [0.05, 0.1) is 17.7 Å². The number of carboxylic acids is 1. The summed E-state index contributed by atoms with van der Waals surface area (Å²) in [5, 5.41) is 13.4. The van der Waals surface area contributed by atoms with Crippen LogP contribution in [0.15, 0.2) is 17.5 Å². The number of nitrogens with one attached hydrogen (secondary N) is 1. The van der Waals surface area contributed by atoms with Gasteiger partial charge in [-0.05, 0) is 37.3 Å². The molecule has 21 heavy (non-hydrogen) atoms. The fourth-order valence-corrected chi connectivity index (χ4v) is 3.40. The zero-order chi connectivity index (χ0) is 14.8. The largest absolute Gasteiger partial charge is 0.478 e. The molecule has 1 aromatic rings. The van der Waals surface area contributed by atoms with Crippen LogP contribution in [0.3, 0.4) is 0 Å². The molecular formula is C15H17NO4S. The van der Waals surface area contributed by atoms with E-state index in [2.05, 4.69) is 5.32 Å². The number of carbonyl (C=O) groups excluding carboxylic acids is 1. The van der Waals surface area contributed by atoms with Gasteiger partial charge in [-0.25, -0.2) is 4.79 Å². The first-order valence-electron chi connectivity index (χ1n) is 7.05. The van der Waals surface area contributed by atoms with Crippen LogP contribution in [0.5, 0.6) is 0 Å². The summed E-state index contributed by atoms with van der Waals surface area (Å²) in [6.45, 7) is 0.711. The molecule has 0 aromatic carbocycles. The van der Waals surface area contributed by atoms with Crippen molar-refractivity contribution in [1.29, 1.82) is 0 Å². The van der Waals surface area contributed by atoms with Crippen LogP contribution in [0.25, 0.3) is 6.08 Å². The van der Waals surface area contributed by atoms with Gasteiger partial charge in [0.1, 0.15) is 0 Å². The van der Waals surface area contributed by atoms with Gasteiger partial charge in [0.2, 0.25) is 0 Å². The van der Waals surface area contributed by atoms with Crippen LogP contribution in [-0.4, -0.2) is 35.7 Å². The maximum atomic E-state index is 12.2. The van der Waals surface area contributed by atoms with Crippen LogP contribution < -0.4 is 5.32 Å². The maximum Gasteiger partial charge on any atom is 0.328 e. The molecule has 3 rings (SSSR count). The minimum atomic E-state index is -0.996. The van der Waals surface area contributed by atoms with E-state index in [1.807, 2.05) is 0 Å². The van der Waals surface area contributed by atoms with Crippen molar-refractivity contribution in [2.24, 2.45) is 5.92 Å². The van der Waals surface area contributed by atoms with Crippen LogP contribution in [0.2, 0.25) is 0 Å². The molecule has 6 heteroatoms. The summed E-state index contributed by atoms with van der Waals surface area (Å²) in [5.41, 5.74) is 0.575. The first-order chi connectivity index (χ1) is 10.1. The highest BCUT2D eigenvalue weighted by Gasteiger charge is 2.41. The lowest BCUT2D eigenvalue weighted by molar-refractivity contribution is -0.131. The Morgan fingerprint density at radius 1 is 1.38 bits per heavy atom. The third-order valence-corrected chi connectivity index (χ3v) is 4.71. The van der Waals surface area contributed by atoms with Crippen LogP contribution >= 0.6 is 11.3 Å². The molecule has 1 aliphatic heterocycles. The van der Waals surface area contributed by atoms with Crippen molar-refractivity contribution in [2.45, 2.75) is 31.4 Å². The molecule has 2 fully saturated rings. The molecule has 1 aromatic heterocycles. The van der Waals surface area contributed by atoms with Crippen molar-refractivity contribution in [3.8, 4) is 0 Å². The SMILES string of the molecule is O=C(O)/C=C/c1cc(C(=O)NC2CCOC2C2CC2)cs1. The second-order valence-electron chi connectivity index (χ2n) is 5.45. The number of aliphatic carboxylic acids is 1. The number of hydrogen-bond acceptors (Lipinski definition) is 4. The van der Waals surface area contributed by atoms with Gasteiger partial charge < -0.3 is 15.2 Å². The lowest BCUT2D eigenvalue weighted by Gasteiger charge is -2.19. The second kappa shape index (κ2) is 5.99. The van der Waals surface area contributed by atoms with Crippen LogP contribution in [0, 0.1) is 5.92 Å². The standard InChI is InChI=1S/C15H17NO4S/c17-13(18)4-3-11-7-10(8-21-11)15(19)16-12-5-6-20-14(12)9-1-2-9/h3-4,7-9,12,14H,1-2,5-6H2,(H,16,19)(H,17,18)/b4-3+. The highest BCUT2D eigenvalue weighted by atomic mass is 32.1. The number of carboxylic acid groups (broad SMARTS) is 1. The lowest BCUT2D eigenvalue weighted by atomic mass is 10.1. The van der Waals surface area contributed by atoms with Gasteiger partial charge in [-0.3, -0.25) is 4.79 Å². The highest BCUT2D eigenvalue weighted by Crippen LogP contribution is 2.38. The van der Waals surface area contributed by atoms with Crippen molar-refractivity contribution in [1.82, 2.24) is 5.32 Å². The van der Waals surface area contributed by atoms with E-state index >= 15 is 0 Å². The molecule has 0 spiro atoms. The van der Waals surface area contributed by atoms with Gasteiger partial charge in [-0.15, -0.1) is 11.3 Å². The molecule has 0 bridgehead atoms. The predicted molar refractivity (Wildman–Crippen MR) is 79.3 cm³/mol. The normalized spacial score (nSPS) is 25.3. The minimum absolute atomic E-state index is 0.0999. The van der Waals surface area contributed by atoms with Gasteiger partial charge in [0.15, 0.2) is 0 Å². The summed E-state index contributed by atoms with van der Waals surface area (Å²) < 4.78 is 5.71. The summed E-state index contributed by atoms with van der Waals surface area (Å²) in [6.07, 6.45) is 5.98. The smallest absolute Gasteiger partial charge is 0.328 e. The van der Waals surface area contributed by atoms with E-state index < -0.39 is 5.97 Å². The molecule has 2 atom stereocenters. The van der Waals surface area contributed by atoms with Crippen molar-refractivity contribution < 1.29 is 19.4 Å². The Bertz CT molecular complexity index is 576. The molecule has 112 valence electrons. The Balaban J connectivity index is 1.61. The number of rotatable bonds is 5. The third kappa shape index (κ3) is 3.51. The van der Waals surface area contributed by atoms with Crippen molar-refractivity contribution in [2.75, 3.05) is 6.61 Å². The topological polar surface area (TPSA) is 75.6 Å². The quantitative estimate of drug-likeness (QED) is 0.817. The van der Waals surface area contributed by atoms with Crippen molar-refractivity contribution >= 4 is 29.3 Å². The number of hydrogen-bond donors (Lipinski definition) is 2. The Morgan fingerprint density at radius 2 is 2.19 bits per heavy atom. The highest BCUT2D eigenvalue weighted by molar-refractivity contribution is 7.11. The Labute approximate surface area is 126 Å². The van der Waals surface area contributed by atoms with E-state index in [0.29, 0.717) is 18.1 Å². The van der Waals surface area contributed by atoms with Gasteiger partial charge in [0.25, 0.3) is 5.91 Å². The fraction of sp³-hybridized carbons (Fsp3) is 0.467. The zero-order valence-electron chi connectivity index (χ0n) is 11.5. The van der Waals surface area contributed by atoms with Gasteiger partial charge in [-0.2, -0.15) is 0 Å². The maximum absolute atomic E-state index is 12.2. The average molecular weight is 307 g/mol. The van der Waals surface area contributed by atoms with E-state index in [-0.39, 0.29) is 18.1 Å². The van der Waals surface area contributed by atoms with Crippen molar-refractivity contribution in [3.63, 3.8) is 0 Å². The fourth-order valence-electron chi connectivity index (χ4n) is 2.62. The summed E-state index contributed by atoms with van der Waals surface area (Å²) in [6, 6.07) is 1.81. The Kier molecular flexibility index (Phi) is 4.07. The van der Waals surface area contributed by atoms with Crippen LogP contribution in [0.4, 0.5) is 0 Å². The predicted octanol–water partition coefficient (Wildman–Crippen LogP) is 2.14. The molecule has 2 N–H and O–H groups in total. The molecule has 2 aliphatic rings. The number of ether oxygens (including phenoxy) is 1. The monoisotopic (exact) mass is 307 g/mol. The second-order valence-corrected chi connectivity index (χ2v) is 6.39. The summed E-state index contributed by atoms with van der Waals surface area (Å²) in [4.78, 5) is 23.5. The molecule has 1 saturated carbocycles. The number of thiophene rings is 1. The van der Waals surface area contributed by atoms with Gasteiger partial charge >= 0.3 is 5.97 Å². The summed E-state index contributed by atoms with van der Waals surface area (Å²) >= 11 is 1.35. The summed E-state index contributed by atoms with van der Waals surface area (Å²) in [5.74, 6) is -0.499. The Morgan fingerprint density at radius 3 is 2.90 bits per heavy atom. The molecule has 5 nitrogen and oxygen atoms in total. The Hall–Kier alpha value is -1.66. The molecule has 2 heterocycles. The van der Waals surface area contributed by atoms with Gasteiger partial charge in [0, 0.05) is 22.9 Å². The minimum Gasteiger partial charge on any atom is -0.478 e. The average Bonchev–Trinajstić information content (AvgIpc) is 3.00. The van der Waals surface area contributed by atoms with Crippen LogP contribution in [-0.2, 0) is 9.53 Å². The first-order valence-corrected chi connectivity index (χ1v) is 7.93. The number of amides is 1. The molecule has 1 saturated heterocycles. The van der Waals surface area contributed by atoms with Crippen LogP contribution in [0.1, 0.15) is 34.5 Å². The zero-order valence-corrected chi connectivity index (χ0v) is 12.3. The third-order valence-electron chi connectivity index (χ3n) is 3.81. The molecule has 1 amide bonds.